The number of aryl methyl sites for hydroxylation is 1. The SMILES string of the molecule is COc1cccc(Cn2c(N)nc3cc(C)cnc32)c1. The number of anilines is 1. The number of methoxy groups -OCH3 is 1. The first kappa shape index (κ1) is 12.5. The molecule has 3 aromatic rings. The maximum atomic E-state index is 6.00. The number of aromatic nitrogens is 3. The van der Waals surface area contributed by atoms with E-state index in [0.717, 1.165) is 28.0 Å². The minimum absolute atomic E-state index is 0.473. The van der Waals surface area contributed by atoms with Gasteiger partial charge in [0.05, 0.1) is 13.7 Å². The highest BCUT2D eigenvalue weighted by molar-refractivity contribution is 5.74. The second kappa shape index (κ2) is 4.85. The fourth-order valence-electron chi connectivity index (χ4n) is 2.24. The molecule has 0 amide bonds. The highest BCUT2D eigenvalue weighted by Crippen LogP contribution is 2.20. The van der Waals surface area contributed by atoms with Gasteiger partial charge in [-0.15, -0.1) is 0 Å². The molecule has 0 atom stereocenters. The fourth-order valence-corrected chi connectivity index (χ4v) is 2.24. The molecule has 0 bridgehead atoms. The first-order valence-electron chi connectivity index (χ1n) is 6.38. The van der Waals surface area contributed by atoms with Crippen LogP contribution >= 0.6 is 0 Å². The van der Waals surface area contributed by atoms with Crippen molar-refractivity contribution in [2.75, 3.05) is 12.8 Å². The van der Waals surface area contributed by atoms with Gasteiger partial charge in [-0.2, -0.15) is 0 Å². The predicted octanol–water partition coefficient (Wildman–Crippen LogP) is 2.38. The number of nitrogen functional groups attached to an aromatic ring is 1. The molecule has 1 aromatic carbocycles. The van der Waals surface area contributed by atoms with E-state index in [1.54, 1.807) is 7.11 Å². The molecule has 0 radical (unpaired) electrons. The standard InChI is InChI=1S/C15H16N4O/c1-10-6-13-14(17-8-10)19(15(16)18-13)9-11-4-3-5-12(7-11)20-2/h3-8H,9H2,1-2H3,(H2,16,18). The molecule has 0 saturated carbocycles. The van der Waals surface area contributed by atoms with Gasteiger partial charge in [0.25, 0.3) is 0 Å². The van der Waals surface area contributed by atoms with Crippen molar-refractivity contribution in [3.05, 3.63) is 47.7 Å². The average Bonchev–Trinajstić information content (AvgIpc) is 2.74. The molecule has 0 aliphatic carbocycles. The molecular weight excluding hydrogens is 252 g/mol. The Morgan fingerprint density at radius 2 is 2.15 bits per heavy atom. The van der Waals surface area contributed by atoms with E-state index in [1.807, 2.05) is 48.0 Å². The maximum absolute atomic E-state index is 6.00. The second-order valence-corrected chi connectivity index (χ2v) is 4.76. The van der Waals surface area contributed by atoms with Crippen LogP contribution in [-0.4, -0.2) is 21.6 Å². The molecular formula is C15H16N4O. The molecule has 102 valence electrons. The summed E-state index contributed by atoms with van der Waals surface area (Å²) in [6, 6.07) is 9.88. The molecule has 0 unspecified atom stereocenters. The number of pyridine rings is 1. The predicted molar refractivity (Wildman–Crippen MR) is 78.8 cm³/mol. The number of fused-ring (bicyclic) bond motifs is 1. The lowest BCUT2D eigenvalue weighted by atomic mass is 10.2. The Balaban J connectivity index is 2.03. The van der Waals surface area contributed by atoms with Crippen molar-refractivity contribution in [2.24, 2.45) is 0 Å². The molecule has 0 aliphatic rings. The van der Waals surface area contributed by atoms with E-state index in [-0.39, 0.29) is 0 Å². The maximum Gasteiger partial charge on any atom is 0.202 e. The first-order valence-corrected chi connectivity index (χ1v) is 6.38. The Kier molecular flexibility index (Phi) is 3.02. The second-order valence-electron chi connectivity index (χ2n) is 4.76. The van der Waals surface area contributed by atoms with Gasteiger partial charge < -0.3 is 10.5 Å². The topological polar surface area (TPSA) is 66.0 Å². The molecule has 2 aromatic heterocycles. The zero-order valence-electron chi connectivity index (χ0n) is 11.5. The van der Waals surface area contributed by atoms with Crippen molar-refractivity contribution in [3.8, 4) is 5.75 Å². The molecule has 0 aliphatic heterocycles. The minimum Gasteiger partial charge on any atom is -0.497 e. The number of benzene rings is 1. The third-order valence-corrected chi connectivity index (χ3v) is 3.23. The number of ether oxygens (including phenoxy) is 1. The molecule has 0 saturated heterocycles. The summed E-state index contributed by atoms with van der Waals surface area (Å²) < 4.78 is 7.14. The lowest BCUT2D eigenvalue weighted by Crippen LogP contribution is -2.05. The summed E-state index contributed by atoms with van der Waals surface area (Å²) in [6.07, 6.45) is 1.82. The molecule has 2 heterocycles. The van der Waals surface area contributed by atoms with Gasteiger partial charge >= 0.3 is 0 Å². The molecule has 5 nitrogen and oxygen atoms in total. The number of nitrogens with two attached hydrogens (primary N) is 1. The summed E-state index contributed by atoms with van der Waals surface area (Å²) in [5, 5.41) is 0. The highest BCUT2D eigenvalue weighted by Gasteiger charge is 2.10. The molecule has 2 N–H and O–H groups in total. The fraction of sp³-hybridized carbons (Fsp3) is 0.200. The third-order valence-electron chi connectivity index (χ3n) is 3.23. The van der Waals surface area contributed by atoms with Crippen LogP contribution in [-0.2, 0) is 6.54 Å². The largest absolute Gasteiger partial charge is 0.497 e. The van der Waals surface area contributed by atoms with Crippen molar-refractivity contribution >= 4 is 17.1 Å². The van der Waals surface area contributed by atoms with E-state index in [0.29, 0.717) is 12.5 Å². The van der Waals surface area contributed by atoms with Gasteiger partial charge in [0.2, 0.25) is 5.95 Å². The average molecular weight is 268 g/mol. The minimum atomic E-state index is 0.473. The molecule has 0 spiro atoms. The zero-order valence-corrected chi connectivity index (χ0v) is 11.5. The van der Waals surface area contributed by atoms with Gasteiger partial charge in [-0.05, 0) is 36.2 Å². The van der Waals surface area contributed by atoms with E-state index in [2.05, 4.69) is 9.97 Å². The summed E-state index contributed by atoms with van der Waals surface area (Å²) in [7, 11) is 1.66. The lowest BCUT2D eigenvalue weighted by molar-refractivity contribution is 0.414. The summed E-state index contributed by atoms with van der Waals surface area (Å²) >= 11 is 0. The first-order chi connectivity index (χ1) is 9.67. The van der Waals surface area contributed by atoms with E-state index in [9.17, 15) is 0 Å². The van der Waals surface area contributed by atoms with E-state index < -0.39 is 0 Å². The van der Waals surface area contributed by atoms with Crippen LogP contribution in [0.1, 0.15) is 11.1 Å². The van der Waals surface area contributed by atoms with Crippen molar-refractivity contribution in [1.29, 1.82) is 0 Å². The van der Waals surface area contributed by atoms with Crippen molar-refractivity contribution in [1.82, 2.24) is 14.5 Å². The summed E-state index contributed by atoms with van der Waals surface area (Å²) in [5.74, 6) is 1.30. The van der Waals surface area contributed by atoms with Gasteiger partial charge in [0, 0.05) is 6.20 Å². The number of imidazole rings is 1. The Morgan fingerprint density at radius 1 is 1.30 bits per heavy atom. The van der Waals surface area contributed by atoms with Crippen LogP contribution in [0, 0.1) is 6.92 Å². The van der Waals surface area contributed by atoms with Gasteiger partial charge in [0.1, 0.15) is 11.3 Å². The Morgan fingerprint density at radius 3 is 2.95 bits per heavy atom. The van der Waals surface area contributed by atoms with Crippen LogP contribution in [0.3, 0.4) is 0 Å². The van der Waals surface area contributed by atoms with Gasteiger partial charge in [0.15, 0.2) is 5.65 Å². The summed E-state index contributed by atoms with van der Waals surface area (Å²) in [4.78, 5) is 8.79. The van der Waals surface area contributed by atoms with Crippen molar-refractivity contribution < 1.29 is 4.74 Å². The van der Waals surface area contributed by atoms with E-state index in [4.69, 9.17) is 10.5 Å². The van der Waals surface area contributed by atoms with Gasteiger partial charge in [-0.1, -0.05) is 12.1 Å². The quantitative estimate of drug-likeness (QED) is 0.792. The van der Waals surface area contributed by atoms with Crippen LogP contribution in [0.2, 0.25) is 0 Å². The van der Waals surface area contributed by atoms with Gasteiger partial charge in [-0.3, -0.25) is 4.57 Å². The molecule has 5 heteroatoms. The smallest absolute Gasteiger partial charge is 0.202 e. The third kappa shape index (κ3) is 2.18. The number of nitrogens with zero attached hydrogens (tertiary/aromatic N) is 3. The zero-order chi connectivity index (χ0) is 14.1. The Bertz CT molecular complexity index is 764. The lowest BCUT2D eigenvalue weighted by Gasteiger charge is -2.07. The highest BCUT2D eigenvalue weighted by atomic mass is 16.5. The molecule has 0 fully saturated rings. The van der Waals surface area contributed by atoms with Crippen LogP contribution in [0.15, 0.2) is 36.5 Å². The van der Waals surface area contributed by atoms with Gasteiger partial charge in [-0.25, -0.2) is 9.97 Å². The summed E-state index contributed by atoms with van der Waals surface area (Å²) in [6.45, 7) is 2.61. The van der Waals surface area contributed by atoms with E-state index >= 15 is 0 Å². The normalized spacial score (nSPS) is 10.9. The van der Waals surface area contributed by atoms with Crippen molar-refractivity contribution in [2.45, 2.75) is 13.5 Å². The monoisotopic (exact) mass is 268 g/mol. The number of hydrogen-bond donors (Lipinski definition) is 1. The number of hydrogen-bond acceptors (Lipinski definition) is 4. The Labute approximate surface area is 117 Å². The molecule has 20 heavy (non-hydrogen) atoms. The van der Waals surface area contributed by atoms with Crippen LogP contribution in [0.5, 0.6) is 5.75 Å². The molecule has 3 rings (SSSR count). The van der Waals surface area contributed by atoms with E-state index in [1.165, 1.54) is 0 Å². The number of rotatable bonds is 3. The Hall–Kier alpha value is -2.56. The van der Waals surface area contributed by atoms with Crippen LogP contribution in [0.25, 0.3) is 11.2 Å². The van der Waals surface area contributed by atoms with Crippen molar-refractivity contribution in [3.63, 3.8) is 0 Å². The van der Waals surface area contributed by atoms with Crippen LogP contribution < -0.4 is 10.5 Å². The van der Waals surface area contributed by atoms with Crippen LogP contribution in [0.4, 0.5) is 5.95 Å². The summed E-state index contributed by atoms with van der Waals surface area (Å²) in [5.41, 5.74) is 9.80.